The van der Waals surface area contributed by atoms with E-state index in [0.717, 1.165) is 68.5 Å². The van der Waals surface area contributed by atoms with Crippen LogP contribution in [-0.4, -0.2) is 52.5 Å². The number of aryl methyl sites for hydroxylation is 1. The molecule has 0 aliphatic heterocycles. The van der Waals surface area contributed by atoms with E-state index in [1.165, 1.54) is 22.3 Å². The van der Waals surface area contributed by atoms with Crippen LogP contribution in [0.3, 0.4) is 0 Å². The number of phenols is 2. The third kappa shape index (κ3) is 14.5. The van der Waals surface area contributed by atoms with Crippen molar-refractivity contribution < 1.29 is 32.6 Å². The van der Waals surface area contributed by atoms with Crippen molar-refractivity contribution in [1.82, 2.24) is 0 Å². The molecule has 66 heavy (non-hydrogen) atoms. The molecule has 0 amide bonds. The second-order valence-electron chi connectivity index (χ2n) is 18.1. The van der Waals surface area contributed by atoms with Gasteiger partial charge in [-0.05, 0) is 91.4 Å². The SMILES string of the molecule is CC(C)(C)c1cc(C2=CCCc3ccccc32)c(O)c(C(C)(C)C)c1.C[N-]C.C[N-]C.C[N-]C.Oc1c(-c2ccccc2)c(-c2ccccc2)cc(-c2ccccc2)c1-c1ccccc1.[Ta]. The monoisotopic (exact) mass is 1050 g/mol. The van der Waals surface area contributed by atoms with Crippen molar-refractivity contribution in [3.63, 3.8) is 0 Å². The molecule has 345 valence electrons. The first-order chi connectivity index (χ1) is 31.2. The summed E-state index contributed by atoms with van der Waals surface area (Å²) in [6.45, 7) is 13.2. The van der Waals surface area contributed by atoms with E-state index in [-0.39, 0.29) is 33.2 Å². The summed E-state index contributed by atoms with van der Waals surface area (Å²) in [5.41, 5.74) is 14.9. The number of fused-ring (bicyclic) bond motifs is 1. The van der Waals surface area contributed by atoms with Gasteiger partial charge in [0, 0.05) is 44.6 Å². The predicted molar refractivity (Wildman–Crippen MR) is 283 cm³/mol. The molecule has 1 aliphatic rings. The topological polar surface area (TPSA) is 82.8 Å². The Morgan fingerprint density at radius 2 is 0.788 bits per heavy atom. The second kappa shape index (κ2) is 26.6. The molecular formula is C60H70N3O2Ta-3. The van der Waals surface area contributed by atoms with Gasteiger partial charge in [0.25, 0.3) is 0 Å². The average molecular weight is 1050 g/mol. The fraction of sp³-hybridized carbons (Fsp3) is 0.267. The molecule has 0 bridgehead atoms. The summed E-state index contributed by atoms with van der Waals surface area (Å²) < 4.78 is 0. The average Bonchev–Trinajstić information content (AvgIpc) is 3.30. The van der Waals surface area contributed by atoms with Crippen molar-refractivity contribution in [3.8, 4) is 56.0 Å². The molecule has 0 saturated heterocycles. The Morgan fingerprint density at radius 1 is 0.409 bits per heavy atom. The maximum Gasteiger partial charge on any atom is 0.132 e. The molecule has 0 heterocycles. The molecule has 7 aromatic carbocycles. The van der Waals surface area contributed by atoms with Gasteiger partial charge in [0.15, 0.2) is 0 Å². The summed E-state index contributed by atoms with van der Waals surface area (Å²) in [4.78, 5) is 0. The van der Waals surface area contributed by atoms with Gasteiger partial charge in [-0.25, -0.2) is 0 Å². The van der Waals surface area contributed by atoms with Gasteiger partial charge in [-0.3, -0.25) is 0 Å². The van der Waals surface area contributed by atoms with Gasteiger partial charge < -0.3 is 26.2 Å². The van der Waals surface area contributed by atoms with Crippen molar-refractivity contribution in [2.75, 3.05) is 42.3 Å². The van der Waals surface area contributed by atoms with Crippen LogP contribution >= 0.6 is 0 Å². The van der Waals surface area contributed by atoms with Crippen LogP contribution in [0.4, 0.5) is 0 Å². The predicted octanol–water partition coefficient (Wildman–Crippen LogP) is 16.3. The number of aromatic hydroxyl groups is 2. The second-order valence-corrected chi connectivity index (χ2v) is 18.1. The Morgan fingerprint density at radius 3 is 1.18 bits per heavy atom. The van der Waals surface area contributed by atoms with Gasteiger partial charge in [0.2, 0.25) is 0 Å². The third-order valence-corrected chi connectivity index (χ3v) is 10.7. The van der Waals surface area contributed by atoms with E-state index in [9.17, 15) is 10.2 Å². The van der Waals surface area contributed by atoms with E-state index >= 15 is 0 Å². The number of allylic oxidation sites excluding steroid dienone is 1. The van der Waals surface area contributed by atoms with E-state index < -0.39 is 0 Å². The molecule has 5 nitrogen and oxygen atoms in total. The minimum Gasteiger partial charge on any atom is -0.668 e. The van der Waals surface area contributed by atoms with Crippen molar-refractivity contribution in [3.05, 3.63) is 214 Å². The van der Waals surface area contributed by atoms with Gasteiger partial charge in [-0.15, -0.1) is 0 Å². The van der Waals surface area contributed by atoms with E-state index in [1.54, 1.807) is 42.3 Å². The van der Waals surface area contributed by atoms with Gasteiger partial charge >= 0.3 is 0 Å². The Bertz CT molecular complexity index is 2440. The third-order valence-electron chi connectivity index (χ3n) is 10.7. The van der Waals surface area contributed by atoms with Crippen molar-refractivity contribution in [1.29, 1.82) is 0 Å². The Balaban J connectivity index is 0.000000298. The smallest absolute Gasteiger partial charge is 0.132 e. The number of hydrogen-bond acceptors (Lipinski definition) is 2. The molecule has 6 heteroatoms. The zero-order valence-corrected chi connectivity index (χ0v) is 44.5. The molecule has 0 saturated carbocycles. The van der Waals surface area contributed by atoms with Crippen LogP contribution in [0.5, 0.6) is 11.5 Å². The molecule has 0 atom stereocenters. The Labute approximate surface area is 413 Å². The molecule has 0 aromatic heterocycles. The van der Waals surface area contributed by atoms with E-state index in [4.69, 9.17) is 0 Å². The minimum absolute atomic E-state index is 0. The van der Waals surface area contributed by atoms with Crippen LogP contribution in [0.1, 0.15) is 75.8 Å². The molecule has 1 radical (unpaired) electrons. The summed E-state index contributed by atoms with van der Waals surface area (Å²) in [5, 5.41) is 33.4. The number of hydrogen-bond donors (Lipinski definition) is 2. The normalized spacial score (nSPS) is 11.5. The standard InChI is InChI=1S/C30H22O.C24H30O.3C2H6N.Ta/c31-30-28(24-17-9-3-10-18-24)26(22-13-5-1-6-14-22)21-27(23-15-7-2-8-16-23)29(30)25-19-11-4-12-20-25;1-23(2,3)17-14-20(22(25)21(15-17)24(4,5)6)19-13-9-11-16-10-7-8-12-18(16)19;3*1-3-2;/h1-21,31H;7-8,10,12-15,25H,9,11H2,1-6H3;3*1-2H3;/q;;3*-1;. The van der Waals surface area contributed by atoms with E-state index in [0.29, 0.717) is 11.5 Å². The van der Waals surface area contributed by atoms with Gasteiger partial charge in [-0.2, -0.15) is 42.3 Å². The molecule has 7 aromatic rings. The maximum atomic E-state index is 11.8. The molecule has 2 N–H and O–H groups in total. The first-order valence-corrected chi connectivity index (χ1v) is 22.4. The van der Waals surface area contributed by atoms with Crippen LogP contribution in [-0.2, 0) is 39.6 Å². The number of benzene rings is 7. The molecule has 8 rings (SSSR count). The minimum atomic E-state index is -0.102. The molecule has 0 spiro atoms. The van der Waals surface area contributed by atoms with E-state index in [1.807, 2.05) is 72.8 Å². The quantitative estimate of drug-likeness (QED) is 0.180. The first-order valence-electron chi connectivity index (χ1n) is 22.4. The van der Waals surface area contributed by atoms with Crippen LogP contribution < -0.4 is 0 Å². The summed E-state index contributed by atoms with van der Waals surface area (Å²) >= 11 is 0. The van der Waals surface area contributed by atoms with Gasteiger partial charge in [-0.1, -0.05) is 199 Å². The molecule has 0 fully saturated rings. The van der Waals surface area contributed by atoms with Gasteiger partial charge in [0.1, 0.15) is 11.5 Å². The summed E-state index contributed by atoms with van der Waals surface area (Å²) in [5.74, 6) is 0.737. The van der Waals surface area contributed by atoms with Crippen LogP contribution in [0, 0.1) is 0 Å². The summed E-state index contributed by atoms with van der Waals surface area (Å²) in [6, 6.07) is 56.0. The summed E-state index contributed by atoms with van der Waals surface area (Å²) in [7, 11) is 10.5. The van der Waals surface area contributed by atoms with Crippen molar-refractivity contribution in [2.45, 2.75) is 65.2 Å². The van der Waals surface area contributed by atoms with Crippen LogP contribution in [0.25, 0.3) is 66.0 Å². The molecular weight excluding hydrogens is 976 g/mol. The largest absolute Gasteiger partial charge is 0.668 e. The first kappa shape index (κ1) is 54.8. The van der Waals surface area contributed by atoms with Gasteiger partial charge in [0.05, 0.1) is 0 Å². The van der Waals surface area contributed by atoms with E-state index in [2.05, 4.69) is 155 Å². The van der Waals surface area contributed by atoms with Crippen molar-refractivity contribution >= 4 is 5.57 Å². The fourth-order valence-electron chi connectivity index (χ4n) is 7.74. The molecule has 1 aliphatic carbocycles. The zero-order chi connectivity index (χ0) is 47.6. The maximum absolute atomic E-state index is 11.8. The number of nitrogens with zero attached hydrogens (tertiary/aromatic N) is 3. The van der Waals surface area contributed by atoms with Crippen LogP contribution in [0.15, 0.2) is 170 Å². The summed E-state index contributed by atoms with van der Waals surface area (Å²) in [6.07, 6.45) is 4.39. The number of phenolic OH excluding ortho intramolecular Hbond substituents is 2. The Kier molecular flexibility index (Phi) is 22.1. The number of rotatable bonds is 5. The molecule has 0 unspecified atom stereocenters. The van der Waals surface area contributed by atoms with Crippen LogP contribution in [0.2, 0.25) is 0 Å². The Hall–Kier alpha value is -5.50. The fourth-order valence-corrected chi connectivity index (χ4v) is 7.74. The van der Waals surface area contributed by atoms with Crippen molar-refractivity contribution in [2.24, 2.45) is 0 Å². The zero-order valence-electron chi connectivity index (χ0n) is 41.3.